The third-order valence-corrected chi connectivity index (χ3v) is 3.69. The van der Waals surface area contributed by atoms with Crippen molar-refractivity contribution in [1.82, 2.24) is 14.5 Å². The summed E-state index contributed by atoms with van der Waals surface area (Å²) in [5, 5.41) is 10.5. The van der Waals surface area contributed by atoms with Crippen molar-refractivity contribution in [3.63, 3.8) is 0 Å². The van der Waals surface area contributed by atoms with Gasteiger partial charge in [0.15, 0.2) is 5.82 Å². The third kappa shape index (κ3) is 3.33. The molecule has 24 heavy (non-hydrogen) atoms. The SMILES string of the molecule is COc1cccc([C@H](O)Cn2ccnc2C(=O)c2cccnc2)c1. The Balaban J connectivity index is 1.81. The van der Waals surface area contributed by atoms with Crippen LogP contribution in [0.15, 0.2) is 61.2 Å². The topological polar surface area (TPSA) is 77.2 Å². The summed E-state index contributed by atoms with van der Waals surface area (Å²) in [4.78, 5) is 20.6. The van der Waals surface area contributed by atoms with Gasteiger partial charge in [-0.25, -0.2) is 4.98 Å². The fourth-order valence-corrected chi connectivity index (χ4v) is 2.43. The molecule has 0 saturated heterocycles. The van der Waals surface area contributed by atoms with Gasteiger partial charge >= 0.3 is 0 Å². The number of hydrogen-bond donors (Lipinski definition) is 1. The van der Waals surface area contributed by atoms with E-state index in [1.807, 2.05) is 18.2 Å². The first-order chi connectivity index (χ1) is 11.7. The highest BCUT2D eigenvalue weighted by Gasteiger charge is 2.18. The molecule has 0 fully saturated rings. The molecule has 2 aromatic heterocycles. The number of carbonyl (C=O) groups excluding carboxylic acids is 1. The minimum atomic E-state index is -0.783. The van der Waals surface area contributed by atoms with E-state index in [0.717, 1.165) is 0 Å². The lowest BCUT2D eigenvalue weighted by molar-refractivity contribution is 0.101. The Morgan fingerprint density at radius 1 is 1.29 bits per heavy atom. The smallest absolute Gasteiger partial charge is 0.229 e. The molecule has 6 nitrogen and oxygen atoms in total. The highest BCUT2D eigenvalue weighted by atomic mass is 16.5. The molecule has 0 amide bonds. The van der Waals surface area contributed by atoms with Crippen molar-refractivity contribution in [3.05, 3.63) is 78.1 Å². The standard InChI is InChI=1S/C18H17N3O3/c1-24-15-6-2-4-13(10-15)16(22)12-21-9-8-20-18(21)17(23)14-5-3-7-19-11-14/h2-11,16,22H,12H2,1H3/t16-/m1/s1. The van der Waals surface area contributed by atoms with Crippen LogP contribution in [-0.4, -0.2) is 32.5 Å². The van der Waals surface area contributed by atoms with Gasteiger partial charge in [0, 0.05) is 30.4 Å². The van der Waals surface area contributed by atoms with E-state index in [9.17, 15) is 9.90 Å². The molecule has 3 aromatic rings. The maximum atomic E-state index is 12.5. The Labute approximate surface area is 139 Å². The number of benzene rings is 1. The molecule has 6 heteroatoms. The lowest BCUT2D eigenvalue weighted by Gasteiger charge is -2.14. The molecule has 0 saturated carbocycles. The van der Waals surface area contributed by atoms with Crippen LogP contribution in [0.4, 0.5) is 0 Å². The van der Waals surface area contributed by atoms with E-state index in [-0.39, 0.29) is 18.2 Å². The number of imidazole rings is 1. The van der Waals surface area contributed by atoms with E-state index in [1.54, 1.807) is 48.5 Å². The van der Waals surface area contributed by atoms with Crippen LogP contribution < -0.4 is 4.74 Å². The van der Waals surface area contributed by atoms with Gasteiger partial charge < -0.3 is 14.4 Å². The molecule has 0 unspecified atom stereocenters. The normalized spacial score (nSPS) is 11.9. The number of pyridine rings is 1. The van der Waals surface area contributed by atoms with Crippen LogP contribution in [0.2, 0.25) is 0 Å². The molecule has 1 N–H and O–H groups in total. The van der Waals surface area contributed by atoms with Gasteiger partial charge in [0.1, 0.15) is 5.75 Å². The molecule has 0 bridgehead atoms. The monoisotopic (exact) mass is 323 g/mol. The summed E-state index contributed by atoms with van der Waals surface area (Å²) in [6.07, 6.45) is 5.54. The average molecular weight is 323 g/mol. The van der Waals surface area contributed by atoms with E-state index < -0.39 is 6.10 Å². The van der Waals surface area contributed by atoms with Gasteiger partial charge in [-0.05, 0) is 29.8 Å². The van der Waals surface area contributed by atoms with Crippen molar-refractivity contribution < 1.29 is 14.6 Å². The van der Waals surface area contributed by atoms with Crippen molar-refractivity contribution in [3.8, 4) is 5.75 Å². The van der Waals surface area contributed by atoms with Gasteiger partial charge in [-0.3, -0.25) is 9.78 Å². The van der Waals surface area contributed by atoms with Crippen LogP contribution in [0, 0.1) is 0 Å². The highest BCUT2D eigenvalue weighted by Crippen LogP contribution is 2.21. The molecule has 3 rings (SSSR count). The number of aliphatic hydroxyl groups excluding tert-OH is 1. The summed E-state index contributed by atoms with van der Waals surface area (Å²) in [5.41, 5.74) is 1.17. The minimum Gasteiger partial charge on any atom is -0.497 e. The van der Waals surface area contributed by atoms with E-state index >= 15 is 0 Å². The molecular weight excluding hydrogens is 306 g/mol. The minimum absolute atomic E-state index is 0.217. The molecule has 122 valence electrons. The highest BCUT2D eigenvalue weighted by molar-refractivity contribution is 6.06. The summed E-state index contributed by atoms with van der Waals surface area (Å²) in [5.74, 6) is 0.708. The molecule has 0 spiro atoms. The van der Waals surface area contributed by atoms with E-state index in [0.29, 0.717) is 16.9 Å². The fraction of sp³-hybridized carbons (Fsp3) is 0.167. The summed E-state index contributed by atoms with van der Waals surface area (Å²) < 4.78 is 6.81. The lowest BCUT2D eigenvalue weighted by atomic mass is 10.1. The second-order valence-electron chi connectivity index (χ2n) is 5.27. The molecule has 0 aliphatic heterocycles. The van der Waals surface area contributed by atoms with Gasteiger partial charge in [0.05, 0.1) is 19.8 Å². The second kappa shape index (κ2) is 7.06. The Morgan fingerprint density at radius 2 is 2.17 bits per heavy atom. The number of carbonyl (C=O) groups is 1. The summed E-state index contributed by atoms with van der Waals surface area (Å²) in [6, 6.07) is 10.6. The number of hydrogen-bond acceptors (Lipinski definition) is 5. The molecular formula is C18H17N3O3. The van der Waals surface area contributed by atoms with Crippen LogP contribution in [0.3, 0.4) is 0 Å². The van der Waals surface area contributed by atoms with Gasteiger partial charge in [-0.15, -0.1) is 0 Å². The molecule has 1 aromatic carbocycles. The van der Waals surface area contributed by atoms with Crippen LogP contribution in [0.5, 0.6) is 5.75 Å². The second-order valence-corrected chi connectivity index (χ2v) is 5.27. The van der Waals surface area contributed by atoms with Gasteiger partial charge in [0.2, 0.25) is 5.78 Å². The number of aliphatic hydroxyl groups is 1. The zero-order valence-electron chi connectivity index (χ0n) is 13.2. The maximum absolute atomic E-state index is 12.5. The molecule has 0 aliphatic rings. The molecule has 2 heterocycles. The number of nitrogens with zero attached hydrogens (tertiary/aromatic N) is 3. The molecule has 0 radical (unpaired) electrons. The van der Waals surface area contributed by atoms with Gasteiger partial charge in [-0.1, -0.05) is 12.1 Å². The average Bonchev–Trinajstić information content (AvgIpc) is 3.10. The predicted molar refractivity (Wildman–Crippen MR) is 87.9 cm³/mol. The molecule has 1 atom stereocenters. The van der Waals surface area contributed by atoms with Crippen molar-refractivity contribution in [2.75, 3.05) is 7.11 Å². The largest absolute Gasteiger partial charge is 0.497 e. The Kier molecular flexibility index (Phi) is 4.67. The van der Waals surface area contributed by atoms with Crippen LogP contribution in [0.25, 0.3) is 0 Å². The Hall–Kier alpha value is -2.99. The summed E-state index contributed by atoms with van der Waals surface area (Å²) >= 11 is 0. The van der Waals surface area contributed by atoms with Gasteiger partial charge in [-0.2, -0.15) is 0 Å². The van der Waals surface area contributed by atoms with Crippen LogP contribution in [0.1, 0.15) is 27.8 Å². The zero-order chi connectivity index (χ0) is 16.9. The van der Waals surface area contributed by atoms with Crippen LogP contribution in [-0.2, 0) is 6.54 Å². The number of ketones is 1. The summed E-state index contributed by atoms with van der Waals surface area (Å²) in [6.45, 7) is 0.217. The van der Waals surface area contributed by atoms with E-state index in [1.165, 1.54) is 6.20 Å². The Morgan fingerprint density at radius 3 is 2.92 bits per heavy atom. The van der Waals surface area contributed by atoms with Crippen LogP contribution >= 0.6 is 0 Å². The van der Waals surface area contributed by atoms with Crippen molar-refractivity contribution in [2.45, 2.75) is 12.6 Å². The quantitative estimate of drug-likeness (QED) is 0.704. The first-order valence-corrected chi connectivity index (χ1v) is 7.47. The number of ether oxygens (including phenoxy) is 1. The van der Waals surface area contributed by atoms with Crippen molar-refractivity contribution in [1.29, 1.82) is 0 Å². The van der Waals surface area contributed by atoms with Crippen molar-refractivity contribution in [2.24, 2.45) is 0 Å². The maximum Gasteiger partial charge on any atom is 0.229 e. The first-order valence-electron chi connectivity index (χ1n) is 7.47. The number of rotatable bonds is 6. The predicted octanol–water partition coefficient (Wildman–Crippen LogP) is 2.25. The lowest BCUT2D eigenvalue weighted by Crippen LogP contribution is -2.15. The Bertz CT molecular complexity index is 830. The van der Waals surface area contributed by atoms with E-state index in [4.69, 9.17) is 4.74 Å². The fourth-order valence-electron chi connectivity index (χ4n) is 2.43. The third-order valence-electron chi connectivity index (χ3n) is 3.69. The number of aromatic nitrogens is 3. The van der Waals surface area contributed by atoms with Crippen molar-refractivity contribution >= 4 is 5.78 Å². The van der Waals surface area contributed by atoms with Gasteiger partial charge in [0.25, 0.3) is 0 Å². The number of methoxy groups -OCH3 is 1. The summed E-state index contributed by atoms with van der Waals surface area (Å²) in [7, 11) is 1.58. The first kappa shape index (κ1) is 15.9. The van der Waals surface area contributed by atoms with E-state index in [2.05, 4.69) is 9.97 Å². The zero-order valence-corrected chi connectivity index (χ0v) is 13.2. The molecule has 0 aliphatic carbocycles.